The molecule has 0 fully saturated rings. The van der Waals surface area contributed by atoms with Crippen LogP contribution in [0.5, 0.6) is 0 Å². The van der Waals surface area contributed by atoms with Gasteiger partial charge in [-0.3, -0.25) is 0 Å². The van der Waals surface area contributed by atoms with Gasteiger partial charge in [-0.25, -0.2) is 0 Å². The molecule has 1 heterocycles. The number of rotatable bonds is 2. The Kier molecular flexibility index (Phi) is 2.91. The first-order chi connectivity index (χ1) is 7.29. The van der Waals surface area contributed by atoms with E-state index in [0.29, 0.717) is 0 Å². The number of benzene rings is 1. The quantitative estimate of drug-likeness (QED) is 0.707. The minimum Gasteiger partial charge on any atom is -0.374 e. The fourth-order valence-corrected chi connectivity index (χ4v) is 1.80. The summed E-state index contributed by atoms with van der Waals surface area (Å²) < 4.78 is 0. The number of aryl methyl sites for hydroxylation is 1. The molecule has 1 aromatic rings. The predicted molar refractivity (Wildman–Crippen MR) is 65.5 cm³/mol. The van der Waals surface area contributed by atoms with Crippen LogP contribution in [0, 0.1) is 6.92 Å². The van der Waals surface area contributed by atoms with Crippen molar-refractivity contribution in [1.29, 1.82) is 0 Å². The molecule has 0 bridgehead atoms. The minimum absolute atomic E-state index is 1.02. The van der Waals surface area contributed by atoms with Gasteiger partial charge >= 0.3 is 0 Å². The van der Waals surface area contributed by atoms with Gasteiger partial charge in [0.05, 0.1) is 0 Å². The molecule has 1 heteroatoms. The Hall–Kier alpha value is -1.50. The van der Waals surface area contributed by atoms with Gasteiger partial charge in [0.2, 0.25) is 0 Å². The van der Waals surface area contributed by atoms with Crippen LogP contribution in [-0.2, 0) is 0 Å². The molecule has 1 nitrogen and oxygen atoms in total. The molecule has 0 saturated carbocycles. The van der Waals surface area contributed by atoms with Crippen LogP contribution >= 0.6 is 0 Å². The average Bonchev–Trinajstić information content (AvgIpc) is 2.29. The molecule has 15 heavy (non-hydrogen) atoms. The lowest BCUT2D eigenvalue weighted by Gasteiger charge is -2.20. The third-order valence-corrected chi connectivity index (χ3v) is 2.77. The van der Waals surface area contributed by atoms with E-state index < -0.39 is 0 Å². The van der Waals surface area contributed by atoms with Crippen molar-refractivity contribution in [2.45, 2.75) is 13.8 Å². The Morgan fingerprint density at radius 2 is 2.20 bits per heavy atom. The third kappa shape index (κ3) is 2.30. The van der Waals surface area contributed by atoms with Gasteiger partial charge in [0, 0.05) is 13.1 Å². The maximum atomic E-state index is 2.29. The van der Waals surface area contributed by atoms with Gasteiger partial charge in [0.15, 0.2) is 0 Å². The van der Waals surface area contributed by atoms with Crippen LogP contribution in [0.2, 0.25) is 0 Å². The van der Waals surface area contributed by atoms with Crippen molar-refractivity contribution in [2.24, 2.45) is 0 Å². The molecule has 0 atom stereocenters. The first-order valence-electron chi connectivity index (χ1n) is 5.49. The summed E-state index contributed by atoms with van der Waals surface area (Å²) in [7, 11) is 0. The standard InChI is InChI=1S/C14H17N/c1-3-15-9-7-13(8-10-15)14-6-4-5-12(2)11-14/h4-9,11H,3,10H2,1-2H3. The third-order valence-electron chi connectivity index (χ3n) is 2.77. The van der Waals surface area contributed by atoms with E-state index in [0.717, 1.165) is 13.1 Å². The first-order valence-corrected chi connectivity index (χ1v) is 5.49. The summed E-state index contributed by atoms with van der Waals surface area (Å²) in [5.41, 5.74) is 3.98. The molecule has 0 saturated heterocycles. The zero-order chi connectivity index (χ0) is 10.7. The predicted octanol–water partition coefficient (Wildman–Crippen LogP) is 3.23. The Bertz CT molecular complexity index is 402. The van der Waals surface area contributed by atoms with Gasteiger partial charge in [0.25, 0.3) is 0 Å². The highest BCUT2D eigenvalue weighted by atomic mass is 15.1. The van der Waals surface area contributed by atoms with Gasteiger partial charge in [0.1, 0.15) is 0 Å². The summed E-state index contributed by atoms with van der Waals surface area (Å²) in [4.78, 5) is 2.29. The Labute approximate surface area is 91.7 Å². The van der Waals surface area contributed by atoms with Crippen molar-refractivity contribution in [3.63, 3.8) is 0 Å². The van der Waals surface area contributed by atoms with E-state index in [-0.39, 0.29) is 0 Å². The topological polar surface area (TPSA) is 3.24 Å². The Balaban J connectivity index is 2.20. The van der Waals surface area contributed by atoms with Crippen molar-refractivity contribution in [1.82, 2.24) is 4.90 Å². The molecular formula is C14H17N. The number of allylic oxidation sites excluding steroid dienone is 2. The van der Waals surface area contributed by atoms with E-state index in [4.69, 9.17) is 0 Å². The summed E-state index contributed by atoms with van der Waals surface area (Å²) >= 11 is 0. The van der Waals surface area contributed by atoms with Crippen molar-refractivity contribution >= 4 is 5.57 Å². The summed E-state index contributed by atoms with van der Waals surface area (Å²) in [5, 5.41) is 0. The van der Waals surface area contributed by atoms with Crippen LogP contribution in [0.1, 0.15) is 18.1 Å². The average molecular weight is 199 g/mol. The molecule has 1 aliphatic heterocycles. The lowest BCUT2D eigenvalue weighted by molar-refractivity contribution is 0.437. The summed E-state index contributed by atoms with van der Waals surface area (Å²) in [6.45, 7) is 6.41. The van der Waals surface area contributed by atoms with E-state index >= 15 is 0 Å². The first kappa shape index (κ1) is 10.0. The van der Waals surface area contributed by atoms with Crippen LogP contribution in [0.15, 0.2) is 42.6 Å². The molecule has 78 valence electrons. The van der Waals surface area contributed by atoms with Crippen molar-refractivity contribution in [3.05, 3.63) is 53.7 Å². The zero-order valence-corrected chi connectivity index (χ0v) is 9.40. The van der Waals surface area contributed by atoms with Gasteiger partial charge in [-0.15, -0.1) is 0 Å². The van der Waals surface area contributed by atoms with E-state index in [2.05, 4.69) is 61.4 Å². The van der Waals surface area contributed by atoms with Crippen LogP contribution in [-0.4, -0.2) is 18.0 Å². The van der Waals surface area contributed by atoms with E-state index in [9.17, 15) is 0 Å². The van der Waals surface area contributed by atoms with Crippen LogP contribution in [0.4, 0.5) is 0 Å². The molecule has 0 amide bonds. The molecule has 0 unspecified atom stereocenters. The Morgan fingerprint density at radius 1 is 1.33 bits per heavy atom. The number of hydrogen-bond donors (Lipinski definition) is 0. The number of likely N-dealkylation sites (N-methyl/N-ethyl adjacent to an activating group) is 1. The second kappa shape index (κ2) is 4.35. The smallest absolute Gasteiger partial charge is 0.0362 e. The number of hydrogen-bond acceptors (Lipinski definition) is 1. The molecular weight excluding hydrogens is 182 g/mol. The normalized spacial score (nSPS) is 15.3. The zero-order valence-electron chi connectivity index (χ0n) is 9.40. The van der Waals surface area contributed by atoms with Gasteiger partial charge in [-0.2, -0.15) is 0 Å². The monoisotopic (exact) mass is 199 g/mol. The fourth-order valence-electron chi connectivity index (χ4n) is 1.80. The number of nitrogens with zero attached hydrogens (tertiary/aromatic N) is 1. The summed E-state index contributed by atoms with van der Waals surface area (Å²) in [5.74, 6) is 0. The second-order valence-electron chi connectivity index (χ2n) is 3.93. The largest absolute Gasteiger partial charge is 0.374 e. The molecule has 0 radical (unpaired) electrons. The summed E-state index contributed by atoms with van der Waals surface area (Å²) in [6, 6.07) is 8.66. The summed E-state index contributed by atoms with van der Waals surface area (Å²) in [6.07, 6.45) is 6.66. The molecule has 1 aromatic carbocycles. The van der Waals surface area contributed by atoms with Crippen LogP contribution in [0.3, 0.4) is 0 Å². The maximum absolute atomic E-state index is 2.29. The molecule has 0 spiro atoms. The van der Waals surface area contributed by atoms with E-state index in [1.165, 1.54) is 16.7 Å². The molecule has 0 aromatic heterocycles. The molecule has 0 N–H and O–H groups in total. The van der Waals surface area contributed by atoms with Crippen molar-refractivity contribution < 1.29 is 0 Å². The van der Waals surface area contributed by atoms with Crippen molar-refractivity contribution in [3.8, 4) is 0 Å². The van der Waals surface area contributed by atoms with Crippen molar-refractivity contribution in [2.75, 3.05) is 13.1 Å². The van der Waals surface area contributed by atoms with E-state index in [1.807, 2.05) is 0 Å². The SMILES string of the molecule is CCN1C=CC(c2cccc(C)c2)=CC1. The van der Waals surface area contributed by atoms with Crippen LogP contribution in [0.25, 0.3) is 5.57 Å². The molecule has 2 rings (SSSR count). The lowest BCUT2D eigenvalue weighted by Crippen LogP contribution is -2.18. The highest BCUT2D eigenvalue weighted by Gasteiger charge is 2.04. The lowest BCUT2D eigenvalue weighted by atomic mass is 10.0. The molecule has 1 aliphatic rings. The molecule has 0 aliphatic carbocycles. The highest BCUT2D eigenvalue weighted by molar-refractivity contribution is 5.75. The second-order valence-corrected chi connectivity index (χ2v) is 3.93. The fraction of sp³-hybridized carbons (Fsp3) is 0.286. The van der Waals surface area contributed by atoms with Crippen LogP contribution < -0.4 is 0 Å². The minimum atomic E-state index is 1.02. The highest BCUT2D eigenvalue weighted by Crippen LogP contribution is 2.20. The van der Waals surface area contributed by atoms with E-state index in [1.54, 1.807) is 0 Å². The Morgan fingerprint density at radius 3 is 2.80 bits per heavy atom. The van der Waals surface area contributed by atoms with Gasteiger partial charge in [-0.1, -0.05) is 35.9 Å². The van der Waals surface area contributed by atoms with Gasteiger partial charge in [-0.05, 0) is 37.3 Å². The maximum Gasteiger partial charge on any atom is 0.0362 e. The van der Waals surface area contributed by atoms with Gasteiger partial charge < -0.3 is 4.90 Å².